The van der Waals surface area contributed by atoms with Gasteiger partial charge in [0.15, 0.2) is 0 Å². The molecular formula is C19H22N4OS. The van der Waals surface area contributed by atoms with E-state index in [1.54, 1.807) is 0 Å². The standard InChI is InChI=1S/C19H22N4OS/c1-12-22-23-18(24-12)10-13-2-4-15(5-3-13)19-21-11-17(25-19)14-6-8-16(20)9-7-14/h6-9,11,13,15H,2-5,10,20H2,1H3. The molecule has 0 saturated heterocycles. The molecule has 0 amide bonds. The molecule has 4 rings (SSSR count). The molecular weight excluding hydrogens is 332 g/mol. The van der Waals surface area contributed by atoms with E-state index >= 15 is 0 Å². The van der Waals surface area contributed by atoms with Gasteiger partial charge in [0, 0.05) is 31.1 Å². The first-order chi connectivity index (χ1) is 12.2. The highest BCUT2D eigenvalue weighted by Gasteiger charge is 2.26. The van der Waals surface area contributed by atoms with E-state index in [1.807, 2.05) is 36.6 Å². The number of thiazole rings is 1. The third-order valence-electron chi connectivity index (χ3n) is 4.95. The summed E-state index contributed by atoms with van der Waals surface area (Å²) in [5, 5.41) is 9.31. The van der Waals surface area contributed by atoms with Gasteiger partial charge in [0.2, 0.25) is 11.8 Å². The Kier molecular flexibility index (Phi) is 4.53. The van der Waals surface area contributed by atoms with Gasteiger partial charge >= 0.3 is 0 Å². The van der Waals surface area contributed by atoms with Crippen molar-refractivity contribution in [3.05, 3.63) is 47.3 Å². The minimum atomic E-state index is 0.577. The van der Waals surface area contributed by atoms with Crippen LogP contribution in [-0.4, -0.2) is 15.2 Å². The fourth-order valence-electron chi connectivity index (χ4n) is 3.54. The van der Waals surface area contributed by atoms with Gasteiger partial charge in [0.25, 0.3) is 0 Å². The quantitative estimate of drug-likeness (QED) is 0.693. The van der Waals surface area contributed by atoms with Gasteiger partial charge in [-0.3, -0.25) is 0 Å². The Balaban J connectivity index is 1.37. The third kappa shape index (κ3) is 3.74. The molecule has 1 aliphatic rings. The van der Waals surface area contributed by atoms with E-state index in [-0.39, 0.29) is 0 Å². The van der Waals surface area contributed by atoms with E-state index in [2.05, 4.69) is 22.3 Å². The van der Waals surface area contributed by atoms with Crippen LogP contribution in [0.15, 0.2) is 34.9 Å². The van der Waals surface area contributed by atoms with Gasteiger partial charge in [0.1, 0.15) is 0 Å². The van der Waals surface area contributed by atoms with Crippen LogP contribution in [0, 0.1) is 12.8 Å². The van der Waals surface area contributed by atoms with Crippen LogP contribution in [0.1, 0.15) is 48.4 Å². The van der Waals surface area contributed by atoms with E-state index in [4.69, 9.17) is 15.1 Å². The van der Waals surface area contributed by atoms with Gasteiger partial charge in [0.05, 0.1) is 9.88 Å². The lowest BCUT2D eigenvalue weighted by Crippen LogP contribution is -2.15. The minimum absolute atomic E-state index is 0.577. The number of benzene rings is 1. The third-order valence-corrected chi connectivity index (χ3v) is 6.15. The lowest BCUT2D eigenvalue weighted by Gasteiger charge is -2.26. The van der Waals surface area contributed by atoms with Crippen molar-refractivity contribution >= 4 is 17.0 Å². The van der Waals surface area contributed by atoms with E-state index < -0.39 is 0 Å². The maximum atomic E-state index is 5.77. The second-order valence-electron chi connectivity index (χ2n) is 6.82. The number of nitrogen functional groups attached to an aromatic ring is 1. The molecule has 2 N–H and O–H groups in total. The number of anilines is 1. The molecule has 130 valence electrons. The molecule has 0 spiro atoms. The highest BCUT2D eigenvalue weighted by Crippen LogP contribution is 2.40. The summed E-state index contributed by atoms with van der Waals surface area (Å²) < 4.78 is 5.52. The zero-order valence-electron chi connectivity index (χ0n) is 14.3. The molecule has 25 heavy (non-hydrogen) atoms. The number of hydrogen-bond acceptors (Lipinski definition) is 6. The van der Waals surface area contributed by atoms with Gasteiger partial charge in [-0.1, -0.05) is 12.1 Å². The van der Waals surface area contributed by atoms with Crippen molar-refractivity contribution in [3.63, 3.8) is 0 Å². The smallest absolute Gasteiger partial charge is 0.216 e. The van der Waals surface area contributed by atoms with Gasteiger partial charge in [-0.2, -0.15) is 0 Å². The largest absolute Gasteiger partial charge is 0.426 e. The molecule has 0 unspecified atom stereocenters. The summed E-state index contributed by atoms with van der Waals surface area (Å²) >= 11 is 1.81. The van der Waals surface area contributed by atoms with Crippen LogP contribution in [0.5, 0.6) is 0 Å². The molecule has 0 radical (unpaired) electrons. The summed E-state index contributed by atoms with van der Waals surface area (Å²) in [6.07, 6.45) is 7.67. The Labute approximate surface area is 151 Å². The highest BCUT2D eigenvalue weighted by atomic mass is 32.1. The summed E-state index contributed by atoms with van der Waals surface area (Å²) in [5.41, 5.74) is 7.76. The Bertz CT molecular complexity index is 831. The molecule has 1 aromatic carbocycles. The van der Waals surface area contributed by atoms with Gasteiger partial charge in [-0.25, -0.2) is 4.98 Å². The summed E-state index contributed by atoms with van der Waals surface area (Å²) in [4.78, 5) is 5.92. The first-order valence-electron chi connectivity index (χ1n) is 8.78. The average molecular weight is 354 g/mol. The van der Waals surface area contributed by atoms with Gasteiger partial charge in [-0.15, -0.1) is 21.5 Å². The molecule has 1 fully saturated rings. The van der Waals surface area contributed by atoms with Crippen LogP contribution >= 0.6 is 11.3 Å². The number of hydrogen-bond donors (Lipinski definition) is 1. The van der Waals surface area contributed by atoms with E-state index in [0.717, 1.165) is 18.0 Å². The van der Waals surface area contributed by atoms with Crippen LogP contribution < -0.4 is 5.73 Å². The maximum Gasteiger partial charge on any atom is 0.216 e. The summed E-state index contributed by atoms with van der Waals surface area (Å²) in [5.74, 6) is 2.66. The molecule has 2 aromatic heterocycles. The van der Waals surface area contributed by atoms with Crippen molar-refractivity contribution in [3.8, 4) is 10.4 Å². The number of aryl methyl sites for hydroxylation is 1. The molecule has 6 heteroatoms. The van der Waals surface area contributed by atoms with Crippen LogP contribution in [0.2, 0.25) is 0 Å². The van der Waals surface area contributed by atoms with Crippen molar-refractivity contribution in [2.24, 2.45) is 5.92 Å². The van der Waals surface area contributed by atoms with Gasteiger partial charge in [-0.05, 0) is 49.3 Å². The first-order valence-corrected chi connectivity index (χ1v) is 9.59. The van der Waals surface area contributed by atoms with Crippen LogP contribution in [0.4, 0.5) is 5.69 Å². The molecule has 1 aliphatic carbocycles. The maximum absolute atomic E-state index is 5.77. The summed E-state index contributed by atoms with van der Waals surface area (Å²) in [6, 6.07) is 8.02. The minimum Gasteiger partial charge on any atom is -0.426 e. The second-order valence-corrected chi connectivity index (χ2v) is 7.88. The topological polar surface area (TPSA) is 77.8 Å². The lowest BCUT2D eigenvalue weighted by atomic mass is 9.81. The highest BCUT2D eigenvalue weighted by molar-refractivity contribution is 7.15. The summed E-state index contributed by atoms with van der Waals surface area (Å²) in [7, 11) is 0. The van der Waals surface area contributed by atoms with Gasteiger partial charge < -0.3 is 10.2 Å². The summed E-state index contributed by atoms with van der Waals surface area (Å²) in [6.45, 7) is 1.84. The number of nitrogens with zero attached hydrogens (tertiary/aromatic N) is 3. The first kappa shape index (κ1) is 16.3. The molecule has 1 saturated carbocycles. The van der Waals surface area contributed by atoms with Crippen molar-refractivity contribution in [2.45, 2.75) is 44.9 Å². The lowest BCUT2D eigenvalue weighted by molar-refractivity contribution is 0.302. The van der Waals surface area contributed by atoms with Crippen molar-refractivity contribution < 1.29 is 4.42 Å². The Hall–Kier alpha value is -2.21. The number of nitrogens with two attached hydrogens (primary N) is 1. The van der Waals surface area contributed by atoms with Crippen molar-refractivity contribution in [1.82, 2.24) is 15.2 Å². The Morgan fingerprint density at radius 1 is 1.12 bits per heavy atom. The van der Waals surface area contributed by atoms with E-state index in [9.17, 15) is 0 Å². The van der Waals surface area contributed by atoms with E-state index in [0.29, 0.717) is 17.7 Å². The predicted octanol–water partition coefficient (Wildman–Crippen LogP) is 4.60. The second kappa shape index (κ2) is 6.96. The predicted molar refractivity (Wildman–Crippen MR) is 99.4 cm³/mol. The molecule has 0 aliphatic heterocycles. The zero-order valence-corrected chi connectivity index (χ0v) is 15.1. The Morgan fingerprint density at radius 3 is 2.56 bits per heavy atom. The number of aromatic nitrogens is 3. The van der Waals surface area contributed by atoms with Crippen LogP contribution in [0.25, 0.3) is 10.4 Å². The monoisotopic (exact) mass is 354 g/mol. The molecule has 2 heterocycles. The van der Waals surface area contributed by atoms with Crippen molar-refractivity contribution in [2.75, 3.05) is 5.73 Å². The molecule has 3 aromatic rings. The van der Waals surface area contributed by atoms with Crippen molar-refractivity contribution in [1.29, 1.82) is 0 Å². The SMILES string of the molecule is Cc1nnc(CC2CCC(c3ncc(-c4ccc(N)cc4)s3)CC2)o1. The molecule has 5 nitrogen and oxygen atoms in total. The molecule has 0 atom stereocenters. The number of rotatable bonds is 4. The average Bonchev–Trinajstić information content (AvgIpc) is 3.26. The Morgan fingerprint density at radius 2 is 1.88 bits per heavy atom. The fraction of sp³-hybridized carbons (Fsp3) is 0.421. The fourth-order valence-corrected chi connectivity index (χ4v) is 4.63. The van der Waals surface area contributed by atoms with Crippen LogP contribution in [-0.2, 0) is 6.42 Å². The zero-order chi connectivity index (χ0) is 17.2. The normalized spacial score (nSPS) is 20.7. The van der Waals surface area contributed by atoms with Crippen LogP contribution in [0.3, 0.4) is 0 Å². The van der Waals surface area contributed by atoms with E-state index in [1.165, 1.54) is 41.1 Å². The molecule has 0 bridgehead atoms.